The maximum Gasteiger partial charge on any atom is 0.220 e. The molecule has 6 nitrogen and oxygen atoms in total. The fourth-order valence-corrected chi connectivity index (χ4v) is 3.39. The molecule has 0 unspecified atom stereocenters. The van der Waals surface area contributed by atoms with E-state index < -0.39 is 0 Å². The van der Waals surface area contributed by atoms with Gasteiger partial charge in [0.1, 0.15) is 31.2 Å². The molecule has 0 bridgehead atoms. The third-order valence-electron chi connectivity index (χ3n) is 5.79. The van der Waals surface area contributed by atoms with Crippen molar-refractivity contribution < 1.29 is 18.9 Å². The number of rotatable bonds is 12. The number of aromatic nitrogens is 2. The highest BCUT2D eigenvalue weighted by molar-refractivity contribution is 5.57. The molecule has 2 aromatic rings. The number of benzene rings is 1. The predicted molar refractivity (Wildman–Crippen MR) is 115 cm³/mol. The zero-order valence-corrected chi connectivity index (χ0v) is 18.2. The molecule has 3 heterocycles. The lowest BCUT2D eigenvalue weighted by Crippen LogP contribution is -2.10. The first-order chi connectivity index (χ1) is 14.7. The van der Waals surface area contributed by atoms with Gasteiger partial charge in [0.15, 0.2) is 5.82 Å². The van der Waals surface area contributed by atoms with Crippen molar-refractivity contribution in [1.82, 2.24) is 9.97 Å². The van der Waals surface area contributed by atoms with Crippen molar-refractivity contribution in [2.45, 2.75) is 70.7 Å². The van der Waals surface area contributed by atoms with Crippen LogP contribution in [0.15, 0.2) is 30.5 Å². The summed E-state index contributed by atoms with van der Waals surface area (Å²) in [6, 6.07) is 7.90. The Morgan fingerprint density at radius 2 is 1.90 bits per heavy atom. The van der Waals surface area contributed by atoms with Crippen molar-refractivity contribution in [1.29, 1.82) is 0 Å². The van der Waals surface area contributed by atoms with Crippen LogP contribution < -0.4 is 9.47 Å². The molecule has 0 aliphatic carbocycles. The third-order valence-corrected chi connectivity index (χ3v) is 5.79. The van der Waals surface area contributed by atoms with Crippen molar-refractivity contribution in [3.63, 3.8) is 0 Å². The van der Waals surface area contributed by atoms with Gasteiger partial charge in [-0.25, -0.2) is 4.98 Å². The van der Waals surface area contributed by atoms with Gasteiger partial charge in [-0.2, -0.15) is 4.98 Å². The van der Waals surface area contributed by atoms with Crippen molar-refractivity contribution in [2.24, 2.45) is 0 Å². The monoisotopic (exact) mass is 412 g/mol. The van der Waals surface area contributed by atoms with E-state index in [0.717, 1.165) is 36.3 Å². The van der Waals surface area contributed by atoms with Gasteiger partial charge in [-0.3, -0.25) is 0 Å². The lowest BCUT2D eigenvalue weighted by Gasteiger charge is -2.15. The molecule has 1 aromatic carbocycles. The van der Waals surface area contributed by atoms with Crippen molar-refractivity contribution >= 4 is 0 Å². The minimum absolute atomic E-state index is 0.196. The van der Waals surface area contributed by atoms with Crippen LogP contribution in [0.4, 0.5) is 0 Å². The second kappa shape index (κ2) is 9.75. The van der Waals surface area contributed by atoms with Crippen LogP contribution in [0.5, 0.6) is 11.6 Å². The second-order valence-corrected chi connectivity index (χ2v) is 8.22. The SMILES string of the molecule is CCCC[C@@H]1O[C@H]1COc1ccc(-c2ncc([C@@H](C)CC)c(OC[C@@H]3CO3)n2)cc1. The lowest BCUT2D eigenvalue weighted by molar-refractivity contribution is 0.252. The average molecular weight is 413 g/mol. The van der Waals surface area contributed by atoms with E-state index in [1.165, 1.54) is 12.8 Å². The van der Waals surface area contributed by atoms with E-state index >= 15 is 0 Å². The van der Waals surface area contributed by atoms with Crippen molar-refractivity contribution in [3.8, 4) is 23.0 Å². The summed E-state index contributed by atoms with van der Waals surface area (Å²) in [5.74, 6) is 2.50. The average Bonchev–Trinajstić information content (AvgIpc) is 3.71. The summed E-state index contributed by atoms with van der Waals surface area (Å²) in [4.78, 5) is 9.30. The molecule has 1 aromatic heterocycles. The summed E-state index contributed by atoms with van der Waals surface area (Å²) in [7, 11) is 0. The Morgan fingerprint density at radius 3 is 2.60 bits per heavy atom. The van der Waals surface area contributed by atoms with Crippen LogP contribution in [0.1, 0.15) is 57.9 Å². The van der Waals surface area contributed by atoms with E-state index in [9.17, 15) is 0 Å². The predicted octanol–water partition coefficient (Wildman–Crippen LogP) is 4.77. The van der Waals surface area contributed by atoms with Crippen LogP contribution >= 0.6 is 0 Å². The lowest BCUT2D eigenvalue weighted by atomic mass is 10.0. The molecule has 2 aliphatic rings. The Hall–Kier alpha value is -2.18. The van der Waals surface area contributed by atoms with Gasteiger partial charge in [0, 0.05) is 17.3 Å². The number of hydrogen-bond acceptors (Lipinski definition) is 6. The molecule has 4 atom stereocenters. The van der Waals surface area contributed by atoms with Crippen LogP contribution in [0, 0.1) is 0 Å². The zero-order chi connectivity index (χ0) is 20.9. The Morgan fingerprint density at radius 1 is 1.10 bits per heavy atom. The quantitative estimate of drug-likeness (QED) is 0.468. The smallest absolute Gasteiger partial charge is 0.220 e. The Kier molecular flexibility index (Phi) is 6.85. The fraction of sp³-hybridized carbons (Fsp3) is 0.583. The van der Waals surface area contributed by atoms with E-state index in [1.54, 1.807) is 0 Å². The first kappa shape index (κ1) is 21.1. The molecule has 2 fully saturated rings. The van der Waals surface area contributed by atoms with Gasteiger partial charge in [0.25, 0.3) is 0 Å². The highest BCUT2D eigenvalue weighted by Gasteiger charge is 2.38. The van der Waals surface area contributed by atoms with Crippen LogP contribution in [0.3, 0.4) is 0 Å². The second-order valence-electron chi connectivity index (χ2n) is 8.22. The van der Waals surface area contributed by atoms with Crippen LogP contribution in [-0.4, -0.2) is 48.1 Å². The Bertz CT molecular complexity index is 822. The first-order valence-corrected chi connectivity index (χ1v) is 11.2. The van der Waals surface area contributed by atoms with Gasteiger partial charge in [-0.05, 0) is 43.0 Å². The van der Waals surface area contributed by atoms with Crippen molar-refractivity contribution in [3.05, 3.63) is 36.0 Å². The van der Waals surface area contributed by atoms with Crippen LogP contribution in [0.2, 0.25) is 0 Å². The Labute approximate surface area is 178 Å². The molecule has 4 rings (SSSR count). The normalized spacial score (nSPS) is 23.1. The maximum atomic E-state index is 5.97. The van der Waals surface area contributed by atoms with Gasteiger partial charge < -0.3 is 18.9 Å². The summed E-state index contributed by atoms with van der Waals surface area (Å²) in [5, 5.41) is 0. The number of ether oxygens (including phenoxy) is 4. The Balaban J connectivity index is 1.38. The summed E-state index contributed by atoms with van der Waals surface area (Å²) < 4.78 is 22.8. The van der Waals surface area contributed by atoms with E-state index in [1.807, 2.05) is 30.5 Å². The number of nitrogens with zero attached hydrogens (tertiary/aromatic N) is 2. The fourth-order valence-electron chi connectivity index (χ4n) is 3.39. The molecular formula is C24H32N2O4. The van der Waals surface area contributed by atoms with Crippen LogP contribution in [0.25, 0.3) is 11.4 Å². The summed E-state index contributed by atoms with van der Waals surface area (Å²) >= 11 is 0. The van der Waals surface area contributed by atoms with Gasteiger partial charge in [0.05, 0.1) is 12.7 Å². The molecule has 30 heavy (non-hydrogen) atoms. The highest BCUT2D eigenvalue weighted by Crippen LogP contribution is 2.31. The molecule has 162 valence electrons. The first-order valence-electron chi connectivity index (χ1n) is 11.2. The summed E-state index contributed by atoms with van der Waals surface area (Å²) in [6.07, 6.45) is 7.26. The maximum absolute atomic E-state index is 5.97. The van der Waals surface area contributed by atoms with Gasteiger partial charge in [-0.1, -0.05) is 33.6 Å². The molecule has 0 spiro atoms. The largest absolute Gasteiger partial charge is 0.491 e. The topological polar surface area (TPSA) is 69.3 Å². The van der Waals surface area contributed by atoms with E-state index in [4.69, 9.17) is 23.9 Å². The molecule has 0 saturated carbocycles. The molecule has 2 aliphatic heterocycles. The molecular weight excluding hydrogens is 380 g/mol. The number of unbranched alkanes of at least 4 members (excludes halogenated alkanes) is 1. The van der Waals surface area contributed by atoms with Gasteiger partial charge >= 0.3 is 0 Å². The zero-order valence-electron chi connectivity index (χ0n) is 18.2. The minimum Gasteiger partial charge on any atom is -0.491 e. The number of hydrogen-bond donors (Lipinski definition) is 0. The molecule has 6 heteroatoms. The van der Waals surface area contributed by atoms with Gasteiger partial charge in [0.2, 0.25) is 5.88 Å². The standard InChI is InChI=1S/C24H32N2O4/c1-4-6-7-21-22(30-21)15-28-18-10-8-17(9-11-18)23-25-12-20(16(3)5-2)24(26-23)29-14-19-13-27-19/h8-12,16,19,21-22H,4-7,13-15H2,1-3H3/t16-,19-,21-,22-/m0/s1. The van der Waals surface area contributed by atoms with E-state index in [-0.39, 0.29) is 12.2 Å². The summed E-state index contributed by atoms with van der Waals surface area (Å²) in [5.41, 5.74) is 1.98. The molecule has 0 radical (unpaired) electrons. The van der Waals surface area contributed by atoms with E-state index in [2.05, 4.69) is 25.8 Å². The summed E-state index contributed by atoms with van der Waals surface area (Å²) in [6.45, 7) is 8.44. The molecule has 0 amide bonds. The molecule has 0 N–H and O–H groups in total. The minimum atomic E-state index is 0.196. The highest BCUT2D eigenvalue weighted by atomic mass is 16.6. The molecule has 2 saturated heterocycles. The van der Waals surface area contributed by atoms with Gasteiger partial charge in [-0.15, -0.1) is 0 Å². The van der Waals surface area contributed by atoms with Crippen LogP contribution in [-0.2, 0) is 9.47 Å². The van der Waals surface area contributed by atoms with Crippen molar-refractivity contribution in [2.75, 3.05) is 19.8 Å². The van der Waals surface area contributed by atoms with E-state index in [0.29, 0.717) is 36.9 Å². The third kappa shape index (κ3) is 5.49. The number of epoxide rings is 2.